The molecule has 1 aliphatic carbocycles. The van der Waals surface area contributed by atoms with Crippen LogP contribution in [0.5, 0.6) is 0 Å². The third kappa shape index (κ3) is 2.72. The van der Waals surface area contributed by atoms with Gasteiger partial charge in [-0.25, -0.2) is 13.2 Å². The van der Waals surface area contributed by atoms with Crippen LogP contribution in [0.15, 0.2) is 0 Å². The fourth-order valence-electron chi connectivity index (χ4n) is 4.06. The first-order chi connectivity index (χ1) is 11.6. The standard InChI is InChI=1S/C16H23NO7S/c1-16(2)13(17-11(18)7-12(17)25(16,22)23)15(21)24-8-9-3-5-10(6-4-9)14(19)20/h9-10,12-13H,3-8H2,1-2H3,(H,19,20)/t9-,10-,12-,13+/m1/s1. The Morgan fingerprint density at radius 1 is 1.24 bits per heavy atom. The van der Waals surface area contributed by atoms with Crippen LogP contribution in [0.3, 0.4) is 0 Å². The minimum atomic E-state index is -3.61. The van der Waals surface area contributed by atoms with Crippen LogP contribution >= 0.6 is 0 Å². The number of nitrogens with zero attached hydrogens (tertiary/aromatic N) is 1. The number of fused-ring (bicyclic) bond motifs is 1. The molecule has 25 heavy (non-hydrogen) atoms. The smallest absolute Gasteiger partial charge is 0.330 e. The first-order valence-electron chi connectivity index (χ1n) is 8.51. The molecule has 0 aromatic rings. The second-order valence-electron chi connectivity index (χ2n) is 7.70. The summed E-state index contributed by atoms with van der Waals surface area (Å²) in [6.07, 6.45) is 2.33. The summed E-state index contributed by atoms with van der Waals surface area (Å²) in [6.45, 7) is 3.04. The zero-order valence-electron chi connectivity index (χ0n) is 14.3. The Hall–Kier alpha value is -1.64. The summed E-state index contributed by atoms with van der Waals surface area (Å²) >= 11 is 0. The zero-order valence-corrected chi connectivity index (χ0v) is 15.1. The molecule has 2 aliphatic heterocycles. The van der Waals surface area contributed by atoms with E-state index in [0.29, 0.717) is 25.7 Å². The SMILES string of the molecule is CC1(C)[C@H](C(=O)OC[C@H]2CC[C@H](C(=O)O)CC2)N2C(=O)C[C@H]2S1(=O)=O. The van der Waals surface area contributed by atoms with Crippen LogP contribution in [0.2, 0.25) is 0 Å². The number of amides is 1. The largest absolute Gasteiger partial charge is 0.481 e. The molecule has 2 saturated heterocycles. The molecule has 1 N–H and O–H groups in total. The molecule has 0 aromatic carbocycles. The summed E-state index contributed by atoms with van der Waals surface area (Å²) < 4.78 is 28.9. The highest BCUT2D eigenvalue weighted by Gasteiger charge is 2.68. The molecule has 2 atom stereocenters. The molecule has 9 heteroatoms. The van der Waals surface area contributed by atoms with Crippen molar-refractivity contribution in [3.63, 3.8) is 0 Å². The molecular formula is C16H23NO7S. The van der Waals surface area contributed by atoms with E-state index >= 15 is 0 Å². The van der Waals surface area contributed by atoms with Crippen molar-refractivity contribution in [3.8, 4) is 0 Å². The van der Waals surface area contributed by atoms with Crippen LogP contribution in [-0.2, 0) is 29.0 Å². The Morgan fingerprint density at radius 2 is 1.84 bits per heavy atom. The highest BCUT2D eigenvalue weighted by molar-refractivity contribution is 7.93. The van der Waals surface area contributed by atoms with E-state index in [1.807, 2.05) is 0 Å². The fraction of sp³-hybridized carbons (Fsp3) is 0.812. The maximum Gasteiger partial charge on any atom is 0.330 e. The molecule has 0 radical (unpaired) electrons. The lowest BCUT2D eigenvalue weighted by molar-refractivity contribution is -0.162. The quantitative estimate of drug-likeness (QED) is 0.565. The lowest BCUT2D eigenvalue weighted by Crippen LogP contribution is -2.57. The van der Waals surface area contributed by atoms with Gasteiger partial charge in [-0.3, -0.25) is 9.59 Å². The number of aliphatic carboxylic acids is 1. The average Bonchev–Trinajstić information content (AvgIpc) is 2.66. The third-order valence-electron chi connectivity index (χ3n) is 5.86. The van der Waals surface area contributed by atoms with E-state index in [0.717, 1.165) is 4.90 Å². The maximum absolute atomic E-state index is 12.5. The van der Waals surface area contributed by atoms with Gasteiger partial charge in [0.25, 0.3) is 0 Å². The molecular weight excluding hydrogens is 350 g/mol. The van der Waals surface area contributed by atoms with E-state index in [-0.39, 0.29) is 30.8 Å². The van der Waals surface area contributed by atoms with E-state index in [2.05, 4.69) is 0 Å². The summed E-state index contributed by atoms with van der Waals surface area (Å²) in [7, 11) is -3.61. The van der Waals surface area contributed by atoms with E-state index < -0.39 is 37.9 Å². The summed E-state index contributed by atoms with van der Waals surface area (Å²) in [5, 5.41) is 8.08. The second kappa shape index (κ2) is 5.96. The lowest BCUT2D eigenvalue weighted by Gasteiger charge is -2.36. The number of hydrogen-bond acceptors (Lipinski definition) is 6. The number of rotatable bonds is 4. The molecule has 3 fully saturated rings. The molecule has 1 amide bonds. The van der Waals surface area contributed by atoms with Gasteiger partial charge in [-0.05, 0) is 45.4 Å². The molecule has 0 unspecified atom stereocenters. The maximum atomic E-state index is 12.5. The van der Waals surface area contributed by atoms with Crippen LogP contribution in [-0.4, -0.2) is 59.0 Å². The molecule has 3 rings (SSSR count). The summed E-state index contributed by atoms with van der Waals surface area (Å²) in [4.78, 5) is 36.4. The van der Waals surface area contributed by atoms with Gasteiger partial charge >= 0.3 is 11.9 Å². The van der Waals surface area contributed by atoms with Crippen LogP contribution in [0, 0.1) is 11.8 Å². The second-order valence-corrected chi connectivity index (χ2v) is 10.4. The van der Waals surface area contributed by atoms with Crippen molar-refractivity contribution in [2.75, 3.05) is 6.61 Å². The Morgan fingerprint density at radius 3 is 2.36 bits per heavy atom. The first kappa shape index (κ1) is 18.2. The number of β-lactam (4-membered cyclic amide) rings is 1. The first-order valence-corrected chi connectivity index (χ1v) is 10.1. The predicted octanol–water partition coefficient (Wildman–Crippen LogP) is 0.555. The number of ether oxygens (including phenoxy) is 1. The van der Waals surface area contributed by atoms with Crippen LogP contribution in [0.1, 0.15) is 46.0 Å². The number of esters is 1. The van der Waals surface area contributed by atoms with Gasteiger partial charge in [-0.1, -0.05) is 0 Å². The number of carboxylic acids is 1. The third-order valence-corrected chi connectivity index (χ3v) is 8.66. The molecule has 1 saturated carbocycles. The van der Waals surface area contributed by atoms with Gasteiger partial charge < -0.3 is 14.7 Å². The number of carbonyl (C=O) groups is 3. The van der Waals surface area contributed by atoms with E-state index in [1.54, 1.807) is 0 Å². The number of carboxylic acid groups (broad SMARTS) is 1. The molecule has 0 spiro atoms. The van der Waals surface area contributed by atoms with Gasteiger partial charge in [-0.15, -0.1) is 0 Å². The van der Waals surface area contributed by atoms with E-state index in [4.69, 9.17) is 9.84 Å². The molecule has 2 heterocycles. The summed E-state index contributed by atoms with van der Waals surface area (Å²) in [5.41, 5.74) is 0. The van der Waals surface area contributed by atoms with Gasteiger partial charge in [0.1, 0.15) is 11.4 Å². The zero-order chi connectivity index (χ0) is 18.6. The lowest BCUT2D eigenvalue weighted by atomic mass is 9.82. The van der Waals surface area contributed by atoms with E-state index in [1.165, 1.54) is 13.8 Å². The number of hydrogen-bond donors (Lipinski definition) is 1. The van der Waals surface area contributed by atoms with Gasteiger partial charge in [0.2, 0.25) is 5.91 Å². The van der Waals surface area contributed by atoms with Gasteiger partial charge in [0.05, 0.1) is 23.7 Å². The van der Waals surface area contributed by atoms with Crippen molar-refractivity contribution in [2.45, 2.75) is 62.1 Å². The normalized spacial score (nSPS) is 35.6. The highest BCUT2D eigenvalue weighted by Crippen LogP contribution is 2.46. The predicted molar refractivity (Wildman–Crippen MR) is 86.1 cm³/mol. The Balaban J connectivity index is 1.62. The Kier molecular flexibility index (Phi) is 4.33. The molecule has 140 valence electrons. The monoisotopic (exact) mass is 373 g/mol. The van der Waals surface area contributed by atoms with Crippen molar-refractivity contribution in [1.82, 2.24) is 4.90 Å². The van der Waals surface area contributed by atoms with Crippen molar-refractivity contribution >= 4 is 27.7 Å². The number of sulfone groups is 1. The van der Waals surface area contributed by atoms with Crippen molar-refractivity contribution in [1.29, 1.82) is 0 Å². The topological polar surface area (TPSA) is 118 Å². The molecule has 0 bridgehead atoms. The van der Waals surface area contributed by atoms with Crippen LogP contribution < -0.4 is 0 Å². The summed E-state index contributed by atoms with van der Waals surface area (Å²) in [6, 6.07) is -1.11. The Bertz CT molecular complexity index is 706. The molecule has 3 aliphatic rings. The highest BCUT2D eigenvalue weighted by atomic mass is 32.2. The molecule has 8 nitrogen and oxygen atoms in total. The van der Waals surface area contributed by atoms with Crippen LogP contribution in [0.4, 0.5) is 0 Å². The van der Waals surface area contributed by atoms with Crippen molar-refractivity contribution in [3.05, 3.63) is 0 Å². The van der Waals surface area contributed by atoms with Crippen LogP contribution in [0.25, 0.3) is 0 Å². The average molecular weight is 373 g/mol. The van der Waals surface area contributed by atoms with Gasteiger partial charge in [-0.2, -0.15) is 0 Å². The molecule has 0 aromatic heterocycles. The van der Waals surface area contributed by atoms with Crippen molar-refractivity contribution < 1.29 is 32.6 Å². The number of carbonyl (C=O) groups excluding carboxylic acids is 2. The Labute approximate surface area is 146 Å². The van der Waals surface area contributed by atoms with Crippen molar-refractivity contribution in [2.24, 2.45) is 11.8 Å². The van der Waals surface area contributed by atoms with Gasteiger partial charge in [0, 0.05) is 0 Å². The minimum Gasteiger partial charge on any atom is -0.481 e. The minimum absolute atomic E-state index is 0.0727. The van der Waals surface area contributed by atoms with Gasteiger partial charge in [0.15, 0.2) is 9.84 Å². The summed E-state index contributed by atoms with van der Waals surface area (Å²) in [5.74, 6) is -2.10. The fourth-order valence-corrected chi connectivity index (χ4v) is 6.19. The van der Waals surface area contributed by atoms with E-state index in [9.17, 15) is 22.8 Å².